The van der Waals surface area contributed by atoms with Crippen molar-refractivity contribution in [2.45, 2.75) is 44.8 Å². The maximum absolute atomic E-state index is 12.6. The lowest BCUT2D eigenvalue weighted by atomic mass is 10.0. The first-order chi connectivity index (χ1) is 10.4. The highest BCUT2D eigenvalue weighted by Crippen LogP contribution is 2.39. The van der Waals surface area contributed by atoms with E-state index in [2.05, 4.69) is 5.32 Å². The summed E-state index contributed by atoms with van der Waals surface area (Å²) < 4.78 is 5.75. The molecule has 1 heterocycles. The van der Waals surface area contributed by atoms with Crippen LogP contribution in [-0.4, -0.2) is 30.0 Å². The third-order valence-electron chi connectivity index (χ3n) is 3.84. The van der Waals surface area contributed by atoms with Gasteiger partial charge in [-0.2, -0.15) is 0 Å². The summed E-state index contributed by atoms with van der Waals surface area (Å²) in [6, 6.07) is 5.50. The van der Waals surface area contributed by atoms with Gasteiger partial charge in [-0.05, 0) is 44.9 Å². The first-order valence-electron chi connectivity index (χ1n) is 7.47. The largest absolute Gasteiger partial charge is 0.476 e. The van der Waals surface area contributed by atoms with Gasteiger partial charge in [0.2, 0.25) is 5.91 Å². The molecular weight excluding hydrogens is 304 g/mol. The van der Waals surface area contributed by atoms with Crippen LogP contribution in [0.2, 0.25) is 5.02 Å². The fraction of sp³-hybridized carbons (Fsp3) is 0.500. The second-order valence-corrected chi connectivity index (χ2v) is 6.71. The van der Waals surface area contributed by atoms with E-state index in [-0.39, 0.29) is 18.2 Å². The van der Waals surface area contributed by atoms with E-state index < -0.39 is 5.60 Å². The predicted octanol–water partition coefficient (Wildman–Crippen LogP) is 2.51. The van der Waals surface area contributed by atoms with Crippen molar-refractivity contribution in [3.8, 4) is 5.75 Å². The van der Waals surface area contributed by atoms with Crippen molar-refractivity contribution in [2.24, 2.45) is 0 Å². The molecule has 2 amide bonds. The van der Waals surface area contributed by atoms with Crippen LogP contribution < -0.4 is 15.0 Å². The van der Waals surface area contributed by atoms with E-state index in [9.17, 15) is 9.59 Å². The summed E-state index contributed by atoms with van der Waals surface area (Å²) in [5.74, 6) is 0.418. The van der Waals surface area contributed by atoms with E-state index in [1.165, 1.54) is 0 Å². The Hall–Kier alpha value is -1.75. The molecule has 1 fully saturated rings. The summed E-state index contributed by atoms with van der Waals surface area (Å²) in [6.45, 7) is 3.77. The monoisotopic (exact) mass is 322 g/mol. The topological polar surface area (TPSA) is 58.6 Å². The number of fused-ring (bicyclic) bond motifs is 1. The fourth-order valence-electron chi connectivity index (χ4n) is 2.50. The molecule has 1 N–H and O–H groups in total. The summed E-state index contributed by atoms with van der Waals surface area (Å²) in [6.07, 6.45) is 2.37. The summed E-state index contributed by atoms with van der Waals surface area (Å²) >= 11 is 6.03. The van der Waals surface area contributed by atoms with Crippen LogP contribution in [0, 0.1) is 0 Å². The highest BCUT2D eigenvalue weighted by Gasteiger charge is 2.41. The summed E-state index contributed by atoms with van der Waals surface area (Å²) in [7, 11) is 0. The Labute approximate surface area is 134 Å². The number of rotatable bonds is 4. The predicted molar refractivity (Wildman–Crippen MR) is 84.3 cm³/mol. The minimum absolute atomic E-state index is 0.0248. The van der Waals surface area contributed by atoms with Gasteiger partial charge in [-0.25, -0.2) is 0 Å². The van der Waals surface area contributed by atoms with Crippen molar-refractivity contribution in [2.75, 3.05) is 11.4 Å². The fourth-order valence-corrected chi connectivity index (χ4v) is 2.67. The molecule has 1 aromatic carbocycles. The van der Waals surface area contributed by atoms with E-state index in [4.69, 9.17) is 16.3 Å². The van der Waals surface area contributed by atoms with E-state index in [1.54, 1.807) is 36.9 Å². The molecule has 1 aliphatic carbocycles. The zero-order chi connectivity index (χ0) is 15.9. The molecular formula is C16H19ClN2O3. The number of carbonyl (C=O) groups is 2. The molecule has 118 valence electrons. The molecule has 5 nitrogen and oxygen atoms in total. The number of amides is 2. The lowest BCUT2D eigenvalue weighted by Gasteiger charge is -2.38. The smallest absolute Gasteiger partial charge is 0.270 e. The first-order valence-corrected chi connectivity index (χ1v) is 7.84. The second-order valence-electron chi connectivity index (χ2n) is 6.27. The minimum atomic E-state index is -0.951. The lowest BCUT2D eigenvalue weighted by Crippen LogP contribution is -2.53. The highest BCUT2D eigenvalue weighted by atomic mass is 35.5. The number of hydrogen-bond acceptors (Lipinski definition) is 3. The van der Waals surface area contributed by atoms with Gasteiger partial charge < -0.3 is 15.0 Å². The Morgan fingerprint density at radius 2 is 2.18 bits per heavy atom. The molecule has 0 spiro atoms. The third kappa shape index (κ3) is 3.04. The average Bonchev–Trinajstić information content (AvgIpc) is 3.24. The summed E-state index contributed by atoms with van der Waals surface area (Å²) in [4.78, 5) is 26.1. The lowest BCUT2D eigenvalue weighted by molar-refractivity contribution is -0.132. The number of hydrogen-bond donors (Lipinski definition) is 1. The Balaban J connectivity index is 1.79. The Morgan fingerprint density at radius 1 is 1.45 bits per heavy atom. The van der Waals surface area contributed by atoms with Gasteiger partial charge in [0.25, 0.3) is 5.91 Å². The molecule has 0 aromatic heterocycles. The standard InChI is InChI=1S/C16H19ClN2O3/c1-16(2)15(21)19(8-7-14(20)18-11-4-5-11)12-9-10(17)3-6-13(12)22-16/h3,6,9,11H,4-5,7-8H2,1-2H3,(H,18,20). The Morgan fingerprint density at radius 3 is 2.86 bits per heavy atom. The number of nitrogens with zero attached hydrogens (tertiary/aromatic N) is 1. The van der Waals surface area contributed by atoms with Crippen LogP contribution in [0.25, 0.3) is 0 Å². The van der Waals surface area contributed by atoms with Gasteiger partial charge >= 0.3 is 0 Å². The maximum atomic E-state index is 12.6. The van der Waals surface area contributed by atoms with Gasteiger partial charge in [-0.15, -0.1) is 0 Å². The Kier molecular flexibility index (Phi) is 3.77. The highest BCUT2D eigenvalue weighted by molar-refractivity contribution is 6.31. The molecule has 1 aliphatic heterocycles. The number of carbonyl (C=O) groups excluding carboxylic acids is 2. The number of nitrogens with one attached hydrogen (secondary N) is 1. The van der Waals surface area contributed by atoms with Crippen molar-refractivity contribution < 1.29 is 14.3 Å². The van der Waals surface area contributed by atoms with Crippen molar-refractivity contribution in [3.05, 3.63) is 23.2 Å². The molecule has 3 rings (SSSR count). The number of halogens is 1. The second kappa shape index (κ2) is 5.47. The van der Waals surface area contributed by atoms with Gasteiger partial charge in [0.05, 0.1) is 5.69 Å². The molecule has 1 aromatic rings. The zero-order valence-electron chi connectivity index (χ0n) is 12.7. The van der Waals surface area contributed by atoms with Gasteiger partial charge in [0.1, 0.15) is 5.75 Å². The first kappa shape index (κ1) is 15.2. The van der Waals surface area contributed by atoms with E-state index in [1.807, 2.05) is 0 Å². The van der Waals surface area contributed by atoms with Gasteiger partial charge in [-0.3, -0.25) is 9.59 Å². The third-order valence-corrected chi connectivity index (χ3v) is 4.08. The molecule has 6 heteroatoms. The van der Waals surface area contributed by atoms with Crippen LogP contribution in [0.15, 0.2) is 18.2 Å². The Bertz CT molecular complexity index is 626. The van der Waals surface area contributed by atoms with Crippen LogP contribution in [0.1, 0.15) is 33.1 Å². The molecule has 0 atom stereocenters. The van der Waals surface area contributed by atoms with Gasteiger partial charge in [-0.1, -0.05) is 11.6 Å². The molecule has 2 aliphatic rings. The van der Waals surface area contributed by atoms with Crippen molar-refractivity contribution in [1.82, 2.24) is 5.32 Å². The molecule has 0 radical (unpaired) electrons. The van der Waals surface area contributed by atoms with Crippen LogP contribution >= 0.6 is 11.6 Å². The van der Waals surface area contributed by atoms with Gasteiger partial charge in [0.15, 0.2) is 5.60 Å². The molecule has 1 saturated carbocycles. The molecule has 0 unspecified atom stereocenters. The summed E-state index contributed by atoms with van der Waals surface area (Å²) in [5.41, 5.74) is -0.329. The quantitative estimate of drug-likeness (QED) is 0.926. The van der Waals surface area contributed by atoms with E-state index in [0.29, 0.717) is 29.0 Å². The van der Waals surface area contributed by atoms with Crippen molar-refractivity contribution in [1.29, 1.82) is 0 Å². The van der Waals surface area contributed by atoms with E-state index in [0.717, 1.165) is 12.8 Å². The van der Waals surface area contributed by atoms with Crippen LogP contribution in [0.5, 0.6) is 5.75 Å². The maximum Gasteiger partial charge on any atom is 0.270 e. The van der Waals surface area contributed by atoms with Crippen molar-refractivity contribution >= 4 is 29.1 Å². The molecule has 0 saturated heterocycles. The summed E-state index contributed by atoms with van der Waals surface area (Å²) in [5, 5.41) is 3.46. The molecule has 22 heavy (non-hydrogen) atoms. The SMILES string of the molecule is CC1(C)Oc2ccc(Cl)cc2N(CCC(=O)NC2CC2)C1=O. The number of ether oxygens (including phenoxy) is 1. The number of anilines is 1. The normalized spacial score (nSPS) is 19.4. The van der Waals surface area contributed by atoms with Crippen molar-refractivity contribution in [3.63, 3.8) is 0 Å². The van der Waals surface area contributed by atoms with Crippen LogP contribution in [0.3, 0.4) is 0 Å². The van der Waals surface area contributed by atoms with Gasteiger partial charge in [0, 0.05) is 24.0 Å². The molecule has 0 bridgehead atoms. The van der Waals surface area contributed by atoms with Crippen LogP contribution in [-0.2, 0) is 9.59 Å². The average molecular weight is 323 g/mol. The minimum Gasteiger partial charge on any atom is -0.476 e. The zero-order valence-corrected chi connectivity index (χ0v) is 13.4. The van der Waals surface area contributed by atoms with E-state index >= 15 is 0 Å². The van der Waals surface area contributed by atoms with Crippen LogP contribution in [0.4, 0.5) is 5.69 Å². The number of benzene rings is 1.